The van der Waals surface area contributed by atoms with Crippen LogP contribution in [0.4, 0.5) is 28.8 Å². The zero-order valence-electron chi connectivity index (χ0n) is 19.6. The lowest BCUT2D eigenvalue weighted by Crippen LogP contribution is -2.27. The Bertz CT molecular complexity index is 1330. The van der Waals surface area contributed by atoms with Gasteiger partial charge in [-0.2, -0.15) is 4.98 Å². The molecule has 0 fully saturated rings. The molecule has 0 bridgehead atoms. The van der Waals surface area contributed by atoms with Gasteiger partial charge >= 0.3 is 0 Å². The highest BCUT2D eigenvalue weighted by Crippen LogP contribution is 2.32. The number of carbonyl (C=O) groups is 1. The quantitative estimate of drug-likeness (QED) is 0.351. The fraction of sp³-hybridized carbons (Fsp3) is 0.261. The van der Waals surface area contributed by atoms with Crippen LogP contribution in [0.15, 0.2) is 53.6 Å². The summed E-state index contributed by atoms with van der Waals surface area (Å²) in [5.74, 6) is 0.203. The Morgan fingerprint density at radius 3 is 2.43 bits per heavy atom. The van der Waals surface area contributed by atoms with Crippen molar-refractivity contribution < 1.29 is 13.2 Å². The van der Waals surface area contributed by atoms with Crippen LogP contribution >= 0.6 is 23.2 Å². The van der Waals surface area contributed by atoms with Crippen LogP contribution in [0.25, 0.3) is 0 Å². The Morgan fingerprint density at radius 2 is 1.74 bits per heavy atom. The molecule has 0 aliphatic heterocycles. The van der Waals surface area contributed by atoms with Gasteiger partial charge in [-0.25, -0.2) is 13.4 Å². The van der Waals surface area contributed by atoms with Gasteiger partial charge in [0.2, 0.25) is 11.9 Å². The van der Waals surface area contributed by atoms with Crippen molar-refractivity contribution in [3.8, 4) is 0 Å². The number of rotatable bonds is 9. The van der Waals surface area contributed by atoms with Crippen molar-refractivity contribution in [3.05, 3.63) is 58.7 Å². The third-order valence-electron chi connectivity index (χ3n) is 4.77. The van der Waals surface area contributed by atoms with Crippen molar-refractivity contribution >= 4 is 67.8 Å². The normalized spacial score (nSPS) is 11.5. The molecule has 0 saturated heterocycles. The maximum absolute atomic E-state index is 12.8. The van der Waals surface area contributed by atoms with Crippen molar-refractivity contribution in [2.45, 2.75) is 24.0 Å². The van der Waals surface area contributed by atoms with Crippen molar-refractivity contribution in [3.63, 3.8) is 0 Å². The Hall–Kier alpha value is -2.92. The van der Waals surface area contributed by atoms with Crippen molar-refractivity contribution in [1.29, 1.82) is 0 Å². The third-order valence-corrected chi connectivity index (χ3v) is 7.58. The van der Waals surface area contributed by atoms with Gasteiger partial charge in [0.1, 0.15) is 5.02 Å². The molecule has 186 valence electrons. The van der Waals surface area contributed by atoms with E-state index in [2.05, 4.69) is 25.9 Å². The fourth-order valence-corrected chi connectivity index (χ4v) is 4.53. The second-order valence-corrected chi connectivity index (χ2v) is 11.5. The van der Waals surface area contributed by atoms with E-state index in [-0.39, 0.29) is 34.1 Å². The summed E-state index contributed by atoms with van der Waals surface area (Å²) in [6.07, 6.45) is 1.38. The van der Waals surface area contributed by atoms with Crippen LogP contribution in [0.1, 0.15) is 13.8 Å². The summed E-state index contributed by atoms with van der Waals surface area (Å²) in [6, 6.07) is 11.5. The van der Waals surface area contributed by atoms with Gasteiger partial charge < -0.3 is 20.9 Å². The number of halogens is 2. The first kappa shape index (κ1) is 26.7. The number of anilines is 5. The zero-order valence-corrected chi connectivity index (χ0v) is 22.0. The number of aromatic nitrogens is 2. The SMILES string of the molecule is CC(C)S(=O)(=O)c1ccccc1Nc1nc(Nc2cc(NC(=O)CN(C)C)ccc2Cl)ncc1Cl. The van der Waals surface area contributed by atoms with Crippen molar-refractivity contribution in [2.75, 3.05) is 36.6 Å². The first-order chi connectivity index (χ1) is 16.5. The van der Waals surface area contributed by atoms with E-state index in [0.29, 0.717) is 22.1 Å². The largest absolute Gasteiger partial charge is 0.338 e. The second-order valence-electron chi connectivity index (χ2n) is 8.21. The number of carbonyl (C=O) groups excluding carboxylic acids is 1. The van der Waals surface area contributed by atoms with Gasteiger partial charge in [0.25, 0.3) is 0 Å². The van der Waals surface area contributed by atoms with Crippen LogP contribution in [-0.2, 0) is 14.6 Å². The molecular weight excluding hydrogens is 511 g/mol. The summed E-state index contributed by atoms with van der Waals surface area (Å²) in [5, 5.41) is 8.79. The van der Waals surface area contributed by atoms with Crippen molar-refractivity contribution in [2.24, 2.45) is 0 Å². The number of amides is 1. The van der Waals surface area contributed by atoms with E-state index in [1.807, 2.05) is 0 Å². The molecule has 2 aromatic carbocycles. The minimum absolute atomic E-state index is 0.142. The Labute approximate surface area is 214 Å². The molecule has 0 radical (unpaired) electrons. The van der Waals surface area contributed by atoms with Crippen LogP contribution in [-0.4, -0.2) is 55.1 Å². The molecular formula is C23H26Cl2N6O3S. The molecule has 35 heavy (non-hydrogen) atoms. The van der Waals surface area contributed by atoms with E-state index >= 15 is 0 Å². The van der Waals surface area contributed by atoms with Crippen LogP contribution in [0, 0.1) is 0 Å². The average molecular weight is 537 g/mol. The first-order valence-corrected chi connectivity index (χ1v) is 12.9. The zero-order chi connectivity index (χ0) is 25.8. The summed E-state index contributed by atoms with van der Waals surface area (Å²) in [6.45, 7) is 3.47. The number of hydrogen-bond donors (Lipinski definition) is 3. The Kier molecular flexibility index (Phi) is 8.55. The monoisotopic (exact) mass is 536 g/mol. The van der Waals surface area contributed by atoms with Gasteiger partial charge in [0, 0.05) is 5.69 Å². The number of hydrogen-bond acceptors (Lipinski definition) is 8. The standard InChI is InChI=1S/C23H26Cl2N6O3S/c1-14(2)35(33,34)20-8-6-5-7-18(20)28-22-17(25)12-26-23(30-22)29-19-11-15(9-10-16(19)24)27-21(32)13-31(3)4/h5-12,14H,13H2,1-4H3,(H,27,32)(H2,26,28,29,30). The van der Waals surface area contributed by atoms with E-state index in [4.69, 9.17) is 23.2 Å². The molecule has 1 heterocycles. The predicted octanol–water partition coefficient (Wildman–Crippen LogP) is 4.95. The molecule has 3 rings (SSSR count). The predicted molar refractivity (Wildman–Crippen MR) is 141 cm³/mol. The van der Waals surface area contributed by atoms with E-state index in [0.717, 1.165) is 0 Å². The van der Waals surface area contributed by atoms with E-state index < -0.39 is 15.1 Å². The Balaban J connectivity index is 1.87. The topological polar surface area (TPSA) is 116 Å². The van der Waals surface area contributed by atoms with Crippen LogP contribution in [0.3, 0.4) is 0 Å². The lowest BCUT2D eigenvalue weighted by atomic mass is 10.2. The van der Waals surface area contributed by atoms with Gasteiger partial charge in [-0.3, -0.25) is 4.79 Å². The highest BCUT2D eigenvalue weighted by atomic mass is 35.5. The summed E-state index contributed by atoms with van der Waals surface area (Å²) in [7, 11) is 0.0535. The number of nitrogens with zero attached hydrogens (tertiary/aromatic N) is 3. The molecule has 0 aliphatic rings. The van der Waals surface area contributed by atoms with Crippen LogP contribution < -0.4 is 16.0 Å². The molecule has 0 atom stereocenters. The molecule has 9 nitrogen and oxygen atoms in total. The molecule has 0 saturated carbocycles. The third kappa shape index (κ3) is 6.82. The van der Waals surface area contributed by atoms with Crippen LogP contribution in [0.5, 0.6) is 0 Å². The molecule has 12 heteroatoms. The number of benzene rings is 2. The number of sulfone groups is 1. The summed E-state index contributed by atoms with van der Waals surface area (Å²) in [5.41, 5.74) is 1.35. The molecule has 0 aliphatic carbocycles. The Morgan fingerprint density at radius 1 is 1.03 bits per heavy atom. The van der Waals surface area contributed by atoms with Gasteiger partial charge in [-0.1, -0.05) is 35.3 Å². The minimum Gasteiger partial charge on any atom is -0.338 e. The van der Waals surface area contributed by atoms with E-state index in [1.54, 1.807) is 69.2 Å². The highest BCUT2D eigenvalue weighted by Gasteiger charge is 2.23. The average Bonchev–Trinajstić information content (AvgIpc) is 2.78. The summed E-state index contributed by atoms with van der Waals surface area (Å²) < 4.78 is 25.6. The lowest BCUT2D eigenvalue weighted by Gasteiger charge is -2.16. The maximum atomic E-state index is 12.8. The number of nitrogens with one attached hydrogen (secondary N) is 3. The molecule has 1 amide bonds. The highest BCUT2D eigenvalue weighted by molar-refractivity contribution is 7.92. The molecule has 3 N–H and O–H groups in total. The van der Waals surface area contributed by atoms with E-state index in [1.165, 1.54) is 12.3 Å². The second kappa shape index (κ2) is 11.2. The van der Waals surface area contributed by atoms with Crippen LogP contribution in [0.2, 0.25) is 10.0 Å². The summed E-state index contributed by atoms with van der Waals surface area (Å²) >= 11 is 12.6. The first-order valence-electron chi connectivity index (χ1n) is 10.6. The lowest BCUT2D eigenvalue weighted by molar-refractivity contribution is -0.116. The summed E-state index contributed by atoms with van der Waals surface area (Å²) in [4.78, 5) is 22.5. The molecule has 1 aromatic heterocycles. The van der Waals surface area contributed by atoms with Crippen molar-refractivity contribution in [1.82, 2.24) is 14.9 Å². The molecule has 3 aromatic rings. The van der Waals surface area contributed by atoms with Gasteiger partial charge in [0.15, 0.2) is 15.7 Å². The fourth-order valence-electron chi connectivity index (χ4n) is 3.02. The smallest absolute Gasteiger partial charge is 0.238 e. The number of likely N-dealkylation sites (N-methyl/N-ethyl adjacent to an activating group) is 1. The van der Waals surface area contributed by atoms with Gasteiger partial charge in [0.05, 0.1) is 39.3 Å². The molecule has 0 unspecified atom stereocenters. The van der Waals surface area contributed by atoms with Gasteiger partial charge in [-0.05, 0) is 58.3 Å². The maximum Gasteiger partial charge on any atom is 0.238 e. The minimum atomic E-state index is -3.55. The van der Waals surface area contributed by atoms with E-state index in [9.17, 15) is 13.2 Å². The van der Waals surface area contributed by atoms with Gasteiger partial charge in [-0.15, -0.1) is 0 Å². The molecule has 0 spiro atoms. The number of para-hydroxylation sites is 1.